The molecule has 0 aliphatic heterocycles. The molecule has 0 heterocycles. The SMILES string of the molecule is Cc1ccc(C(=O)NCCNC2CC(C)(C)CC2C)cc1. The van der Waals surface area contributed by atoms with Crippen molar-refractivity contribution >= 4 is 5.91 Å². The number of hydrogen-bond donors (Lipinski definition) is 2. The molecule has 2 N–H and O–H groups in total. The maximum absolute atomic E-state index is 12.0. The number of aryl methyl sites for hydroxylation is 1. The first-order valence-corrected chi connectivity index (χ1v) is 7.96. The van der Waals surface area contributed by atoms with Crippen LogP contribution < -0.4 is 10.6 Å². The summed E-state index contributed by atoms with van der Waals surface area (Å²) in [5, 5.41) is 6.56. The van der Waals surface area contributed by atoms with Gasteiger partial charge in [0.25, 0.3) is 5.91 Å². The summed E-state index contributed by atoms with van der Waals surface area (Å²) < 4.78 is 0. The predicted octanol–water partition coefficient (Wildman–Crippen LogP) is 3.14. The molecule has 0 aromatic heterocycles. The third kappa shape index (κ3) is 4.57. The molecule has 1 amide bonds. The number of carbonyl (C=O) groups excluding carboxylic acids is 1. The fourth-order valence-corrected chi connectivity index (χ4v) is 3.41. The fraction of sp³-hybridized carbons (Fsp3) is 0.611. The van der Waals surface area contributed by atoms with Crippen molar-refractivity contribution in [1.29, 1.82) is 0 Å². The summed E-state index contributed by atoms with van der Waals surface area (Å²) in [4.78, 5) is 12.0. The quantitative estimate of drug-likeness (QED) is 0.817. The topological polar surface area (TPSA) is 41.1 Å². The Bertz CT molecular complexity index is 478. The van der Waals surface area contributed by atoms with E-state index in [9.17, 15) is 4.79 Å². The van der Waals surface area contributed by atoms with Crippen molar-refractivity contribution in [2.75, 3.05) is 13.1 Å². The Hall–Kier alpha value is -1.35. The lowest BCUT2D eigenvalue weighted by Crippen LogP contribution is -2.38. The summed E-state index contributed by atoms with van der Waals surface area (Å²) in [6.07, 6.45) is 2.50. The van der Waals surface area contributed by atoms with Gasteiger partial charge in [-0.05, 0) is 43.2 Å². The molecule has 2 unspecified atom stereocenters. The Labute approximate surface area is 128 Å². The van der Waals surface area contributed by atoms with Gasteiger partial charge < -0.3 is 10.6 Å². The number of nitrogens with one attached hydrogen (secondary N) is 2. The second kappa shape index (κ2) is 6.61. The molecular formula is C18H28N2O. The van der Waals surface area contributed by atoms with Crippen LogP contribution in [0.3, 0.4) is 0 Å². The molecule has 116 valence electrons. The van der Waals surface area contributed by atoms with Crippen molar-refractivity contribution in [3.63, 3.8) is 0 Å². The molecule has 1 aromatic carbocycles. The highest BCUT2D eigenvalue weighted by molar-refractivity contribution is 5.94. The van der Waals surface area contributed by atoms with Gasteiger partial charge in [-0.1, -0.05) is 38.5 Å². The first kappa shape index (κ1) is 16.0. The first-order valence-electron chi connectivity index (χ1n) is 7.96. The Morgan fingerprint density at radius 2 is 1.86 bits per heavy atom. The molecule has 3 heteroatoms. The van der Waals surface area contributed by atoms with Crippen LogP contribution in [0.1, 0.15) is 49.5 Å². The van der Waals surface area contributed by atoms with Crippen LogP contribution >= 0.6 is 0 Å². The minimum atomic E-state index is 0.0107. The van der Waals surface area contributed by atoms with E-state index < -0.39 is 0 Å². The van der Waals surface area contributed by atoms with E-state index in [1.807, 2.05) is 31.2 Å². The molecule has 3 nitrogen and oxygen atoms in total. The van der Waals surface area contributed by atoms with Crippen molar-refractivity contribution in [2.24, 2.45) is 11.3 Å². The number of rotatable bonds is 5. The van der Waals surface area contributed by atoms with Crippen molar-refractivity contribution in [1.82, 2.24) is 10.6 Å². The molecular weight excluding hydrogens is 260 g/mol. The lowest BCUT2D eigenvalue weighted by Gasteiger charge is -2.18. The smallest absolute Gasteiger partial charge is 0.251 e. The van der Waals surface area contributed by atoms with Crippen LogP contribution in [-0.2, 0) is 0 Å². The average molecular weight is 288 g/mol. The van der Waals surface area contributed by atoms with Gasteiger partial charge in [-0.25, -0.2) is 0 Å². The summed E-state index contributed by atoms with van der Waals surface area (Å²) in [5.41, 5.74) is 2.35. The van der Waals surface area contributed by atoms with Crippen molar-refractivity contribution < 1.29 is 4.79 Å². The van der Waals surface area contributed by atoms with Gasteiger partial charge in [-0.15, -0.1) is 0 Å². The van der Waals surface area contributed by atoms with Crippen LogP contribution in [0.15, 0.2) is 24.3 Å². The van der Waals surface area contributed by atoms with Crippen LogP contribution in [0.25, 0.3) is 0 Å². The summed E-state index contributed by atoms with van der Waals surface area (Å²) in [7, 11) is 0. The molecule has 2 atom stereocenters. The number of carbonyl (C=O) groups is 1. The normalized spacial score (nSPS) is 24.0. The summed E-state index contributed by atoms with van der Waals surface area (Å²) in [5.74, 6) is 0.726. The number of hydrogen-bond acceptors (Lipinski definition) is 2. The minimum Gasteiger partial charge on any atom is -0.351 e. The maximum atomic E-state index is 12.0. The molecule has 1 aliphatic carbocycles. The maximum Gasteiger partial charge on any atom is 0.251 e. The molecule has 21 heavy (non-hydrogen) atoms. The molecule has 1 aliphatic rings. The van der Waals surface area contributed by atoms with Gasteiger partial charge >= 0.3 is 0 Å². The van der Waals surface area contributed by atoms with Gasteiger partial charge in [0.1, 0.15) is 0 Å². The predicted molar refractivity (Wildman–Crippen MR) is 87.5 cm³/mol. The molecule has 0 saturated heterocycles. The van der Waals surface area contributed by atoms with Crippen molar-refractivity contribution in [3.05, 3.63) is 35.4 Å². The van der Waals surface area contributed by atoms with Crippen LogP contribution in [0, 0.1) is 18.3 Å². The second-order valence-corrected chi connectivity index (χ2v) is 7.23. The van der Waals surface area contributed by atoms with E-state index in [1.54, 1.807) is 0 Å². The summed E-state index contributed by atoms with van der Waals surface area (Å²) in [6, 6.07) is 8.26. The van der Waals surface area contributed by atoms with Crippen LogP contribution in [0.2, 0.25) is 0 Å². The Balaban J connectivity index is 1.70. The molecule has 0 radical (unpaired) electrons. The highest BCUT2D eigenvalue weighted by atomic mass is 16.1. The van der Waals surface area contributed by atoms with Gasteiger partial charge in [0.05, 0.1) is 0 Å². The number of amides is 1. The lowest BCUT2D eigenvalue weighted by molar-refractivity contribution is 0.0953. The summed E-state index contributed by atoms with van der Waals surface area (Å²) >= 11 is 0. The zero-order chi connectivity index (χ0) is 15.5. The molecule has 1 fully saturated rings. The van der Waals surface area contributed by atoms with E-state index in [-0.39, 0.29) is 5.91 Å². The molecule has 1 aromatic rings. The van der Waals surface area contributed by atoms with E-state index in [1.165, 1.54) is 18.4 Å². The summed E-state index contributed by atoms with van der Waals surface area (Å²) in [6.45, 7) is 10.5. The lowest BCUT2D eigenvalue weighted by atomic mass is 9.91. The van der Waals surface area contributed by atoms with E-state index in [0.29, 0.717) is 23.9 Å². The standard InChI is InChI=1S/C18H28N2O/c1-13-5-7-15(8-6-13)17(21)20-10-9-19-16-12-18(3,4)11-14(16)2/h5-8,14,16,19H,9-12H2,1-4H3,(H,20,21). The van der Waals surface area contributed by atoms with E-state index in [0.717, 1.165) is 12.1 Å². The zero-order valence-corrected chi connectivity index (χ0v) is 13.7. The van der Waals surface area contributed by atoms with Gasteiger partial charge in [-0.3, -0.25) is 4.79 Å². The van der Waals surface area contributed by atoms with Crippen molar-refractivity contribution in [3.8, 4) is 0 Å². The van der Waals surface area contributed by atoms with Gasteiger partial charge in [0.2, 0.25) is 0 Å². The van der Waals surface area contributed by atoms with Crippen LogP contribution in [0.4, 0.5) is 0 Å². The highest BCUT2D eigenvalue weighted by Crippen LogP contribution is 2.40. The largest absolute Gasteiger partial charge is 0.351 e. The molecule has 0 bridgehead atoms. The second-order valence-electron chi connectivity index (χ2n) is 7.23. The van der Waals surface area contributed by atoms with E-state index in [2.05, 4.69) is 31.4 Å². The third-order valence-electron chi connectivity index (χ3n) is 4.46. The zero-order valence-electron chi connectivity index (χ0n) is 13.7. The van der Waals surface area contributed by atoms with Crippen LogP contribution in [-0.4, -0.2) is 25.0 Å². The highest BCUT2D eigenvalue weighted by Gasteiger charge is 2.35. The number of benzene rings is 1. The Morgan fingerprint density at radius 3 is 2.43 bits per heavy atom. The first-order chi connectivity index (χ1) is 9.87. The molecule has 0 spiro atoms. The van der Waals surface area contributed by atoms with E-state index >= 15 is 0 Å². The van der Waals surface area contributed by atoms with Crippen LogP contribution in [0.5, 0.6) is 0 Å². The molecule has 1 saturated carbocycles. The van der Waals surface area contributed by atoms with E-state index in [4.69, 9.17) is 0 Å². The Kier molecular flexibility index (Phi) is 5.04. The Morgan fingerprint density at radius 1 is 1.19 bits per heavy atom. The van der Waals surface area contributed by atoms with Crippen molar-refractivity contribution in [2.45, 2.75) is 46.6 Å². The third-order valence-corrected chi connectivity index (χ3v) is 4.46. The van der Waals surface area contributed by atoms with Gasteiger partial charge in [0, 0.05) is 24.7 Å². The van der Waals surface area contributed by atoms with Gasteiger partial charge in [0.15, 0.2) is 0 Å². The van der Waals surface area contributed by atoms with Gasteiger partial charge in [-0.2, -0.15) is 0 Å². The monoisotopic (exact) mass is 288 g/mol. The average Bonchev–Trinajstić information content (AvgIpc) is 2.68. The minimum absolute atomic E-state index is 0.0107. The molecule has 2 rings (SSSR count). The fourth-order valence-electron chi connectivity index (χ4n) is 3.41.